The van der Waals surface area contributed by atoms with Gasteiger partial charge in [0.1, 0.15) is 12.9 Å². The van der Waals surface area contributed by atoms with Crippen molar-refractivity contribution in [3.63, 3.8) is 0 Å². The first-order valence-corrected chi connectivity index (χ1v) is 11.2. The molecule has 31 heavy (non-hydrogen) atoms. The van der Waals surface area contributed by atoms with Crippen molar-refractivity contribution < 1.29 is 10.3 Å². The molecule has 3 aromatic carbocycles. The van der Waals surface area contributed by atoms with Gasteiger partial charge in [0.25, 0.3) is 0 Å². The van der Waals surface area contributed by atoms with Crippen LogP contribution in [-0.2, 0) is 7.05 Å². The number of fused-ring (bicyclic) bond motifs is 1. The van der Waals surface area contributed by atoms with Crippen molar-refractivity contribution in [3.05, 3.63) is 89.3 Å². The average molecular weight is 414 g/mol. The van der Waals surface area contributed by atoms with E-state index in [1.165, 1.54) is 5.56 Å². The Morgan fingerprint density at radius 2 is 1.65 bits per heavy atom. The molecule has 0 radical (unpaired) electrons. The number of aryl methyl sites for hydroxylation is 1. The van der Waals surface area contributed by atoms with E-state index < -0.39 is 0 Å². The molecular weight excluding hydrogens is 381 g/mol. The summed E-state index contributed by atoms with van der Waals surface area (Å²) in [6.45, 7) is 8.39. The SMILES string of the molecule is [2H]c1c(C)[n+](C)c(-c2cc(-c3ccccc3)c(F)cc2C)c2ccc(C(CC)CC)cc12. The minimum atomic E-state index is -0.214. The van der Waals surface area contributed by atoms with E-state index in [1.807, 2.05) is 57.3 Å². The zero-order chi connectivity index (χ0) is 23.0. The number of hydrogen-bond donors (Lipinski definition) is 0. The molecule has 0 atom stereocenters. The molecule has 0 saturated heterocycles. The highest BCUT2D eigenvalue weighted by atomic mass is 19.1. The van der Waals surface area contributed by atoms with Crippen molar-refractivity contribution in [2.24, 2.45) is 7.05 Å². The van der Waals surface area contributed by atoms with Gasteiger partial charge in [0.05, 0.1) is 12.3 Å². The van der Waals surface area contributed by atoms with Gasteiger partial charge in [-0.2, -0.15) is 4.57 Å². The van der Waals surface area contributed by atoms with Crippen LogP contribution in [0.4, 0.5) is 4.39 Å². The van der Waals surface area contributed by atoms with Gasteiger partial charge < -0.3 is 0 Å². The lowest BCUT2D eigenvalue weighted by Crippen LogP contribution is -2.35. The smallest absolute Gasteiger partial charge is 0.206 e. The number of aromatic nitrogens is 1. The zero-order valence-corrected chi connectivity index (χ0v) is 19.1. The molecule has 0 spiro atoms. The van der Waals surface area contributed by atoms with Gasteiger partial charge in [0.2, 0.25) is 5.69 Å². The highest BCUT2D eigenvalue weighted by Gasteiger charge is 2.22. The lowest BCUT2D eigenvalue weighted by Gasteiger charge is -2.16. The van der Waals surface area contributed by atoms with Crippen molar-refractivity contribution in [3.8, 4) is 22.4 Å². The lowest BCUT2D eigenvalue weighted by molar-refractivity contribution is -0.665. The summed E-state index contributed by atoms with van der Waals surface area (Å²) in [6, 6.07) is 20.4. The molecule has 4 rings (SSSR count). The third-order valence-electron chi connectivity index (χ3n) is 6.56. The van der Waals surface area contributed by atoms with Crippen molar-refractivity contribution in [1.29, 1.82) is 0 Å². The van der Waals surface area contributed by atoms with Crippen LogP contribution in [0.25, 0.3) is 33.2 Å². The lowest BCUT2D eigenvalue weighted by atomic mass is 9.90. The predicted molar refractivity (Wildman–Crippen MR) is 129 cm³/mol. The van der Waals surface area contributed by atoms with E-state index in [2.05, 4.69) is 36.6 Å². The zero-order valence-electron chi connectivity index (χ0n) is 20.1. The van der Waals surface area contributed by atoms with E-state index in [1.54, 1.807) is 6.07 Å². The Hall–Kier alpha value is -3.00. The average Bonchev–Trinajstić information content (AvgIpc) is 2.80. The summed E-state index contributed by atoms with van der Waals surface area (Å²) in [5, 5.41) is 2.00. The number of rotatable bonds is 5. The Bertz CT molecular complexity index is 1290. The standard InChI is InChI=1S/C29H31FN/c1-6-21(7-2)23-13-14-25-24(17-23)16-20(4)31(5)29(25)26-18-27(28(30)15-19(26)3)22-11-9-8-10-12-22/h8-18,21H,6-7H2,1-5H3/q+1/i16D. The first kappa shape index (κ1) is 19.9. The molecule has 0 aliphatic rings. The molecule has 4 aromatic rings. The fourth-order valence-corrected chi connectivity index (χ4v) is 4.61. The van der Waals surface area contributed by atoms with Crippen LogP contribution in [-0.4, -0.2) is 0 Å². The van der Waals surface area contributed by atoms with Gasteiger partial charge in [-0.25, -0.2) is 4.39 Å². The molecule has 0 aliphatic carbocycles. The van der Waals surface area contributed by atoms with Crippen molar-refractivity contribution >= 4 is 10.8 Å². The summed E-state index contributed by atoms with van der Waals surface area (Å²) in [4.78, 5) is 0. The Kier molecular flexibility index (Phi) is 5.55. The number of hydrogen-bond acceptors (Lipinski definition) is 0. The molecule has 0 saturated carbocycles. The maximum Gasteiger partial charge on any atom is 0.220 e. The van der Waals surface area contributed by atoms with Crippen LogP contribution < -0.4 is 4.57 Å². The summed E-state index contributed by atoms with van der Waals surface area (Å²) in [5.41, 5.74) is 6.56. The molecule has 0 fully saturated rings. The number of halogens is 1. The van der Waals surface area contributed by atoms with E-state index in [0.29, 0.717) is 17.5 Å². The molecule has 0 amide bonds. The maximum atomic E-state index is 15.0. The molecule has 1 heterocycles. The van der Waals surface area contributed by atoms with Crippen molar-refractivity contribution in [1.82, 2.24) is 0 Å². The van der Waals surface area contributed by atoms with Crippen molar-refractivity contribution in [2.75, 3.05) is 0 Å². The fraction of sp³-hybridized carbons (Fsp3) is 0.276. The van der Waals surface area contributed by atoms with Gasteiger partial charge in [-0.3, -0.25) is 0 Å². The second-order valence-corrected chi connectivity index (χ2v) is 8.45. The molecule has 158 valence electrons. The number of nitrogens with zero attached hydrogens (tertiary/aromatic N) is 1. The third-order valence-corrected chi connectivity index (χ3v) is 6.56. The highest BCUT2D eigenvalue weighted by Crippen LogP contribution is 2.35. The quantitative estimate of drug-likeness (QED) is 0.296. The van der Waals surface area contributed by atoms with E-state index in [9.17, 15) is 4.39 Å². The molecular formula is C29H31FN+. The van der Waals surface area contributed by atoms with Crippen molar-refractivity contribution in [2.45, 2.75) is 46.5 Å². The van der Waals surface area contributed by atoms with Gasteiger partial charge in [0, 0.05) is 18.5 Å². The van der Waals surface area contributed by atoms with Gasteiger partial charge in [-0.15, -0.1) is 0 Å². The maximum absolute atomic E-state index is 15.0. The second-order valence-electron chi connectivity index (χ2n) is 8.45. The first-order chi connectivity index (χ1) is 15.4. The largest absolute Gasteiger partial charge is 0.220 e. The number of pyridine rings is 1. The van der Waals surface area contributed by atoms with E-state index in [0.717, 1.165) is 51.7 Å². The molecule has 0 unspecified atom stereocenters. The van der Waals surface area contributed by atoms with E-state index in [-0.39, 0.29) is 5.82 Å². The predicted octanol–water partition coefficient (Wildman–Crippen LogP) is 7.66. The Morgan fingerprint density at radius 3 is 2.32 bits per heavy atom. The van der Waals surface area contributed by atoms with Crippen LogP contribution in [0.5, 0.6) is 0 Å². The summed E-state index contributed by atoms with van der Waals surface area (Å²) in [7, 11) is 2.00. The Balaban J connectivity index is 2.03. The Labute approximate surface area is 186 Å². The summed E-state index contributed by atoms with van der Waals surface area (Å²) in [5.74, 6) is 0.281. The van der Waals surface area contributed by atoms with Crippen LogP contribution >= 0.6 is 0 Å². The minimum absolute atomic E-state index is 0.214. The molecule has 0 N–H and O–H groups in total. The fourth-order valence-electron chi connectivity index (χ4n) is 4.61. The van der Waals surface area contributed by atoms with Gasteiger partial charge in [-0.1, -0.05) is 56.3 Å². The first-order valence-electron chi connectivity index (χ1n) is 11.7. The third kappa shape index (κ3) is 3.87. The topological polar surface area (TPSA) is 3.88 Å². The Morgan fingerprint density at radius 1 is 0.935 bits per heavy atom. The van der Waals surface area contributed by atoms with Crippen LogP contribution in [0.15, 0.2) is 66.7 Å². The second kappa shape index (κ2) is 8.63. The van der Waals surface area contributed by atoms with Gasteiger partial charge in [0.15, 0.2) is 5.69 Å². The minimum Gasteiger partial charge on any atom is -0.206 e. The van der Waals surface area contributed by atoms with Gasteiger partial charge >= 0.3 is 0 Å². The molecule has 1 aromatic heterocycles. The summed E-state index contributed by atoms with van der Waals surface area (Å²) in [6.07, 6.45) is 2.17. The van der Waals surface area contributed by atoms with E-state index >= 15 is 0 Å². The van der Waals surface area contributed by atoms with E-state index in [4.69, 9.17) is 1.37 Å². The molecule has 0 bridgehead atoms. The summed E-state index contributed by atoms with van der Waals surface area (Å²) < 4.78 is 25.9. The molecule has 2 heteroatoms. The van der Waals surface area contributed by atoms with Crippen LogP contribution in [0.1, 0.15) is 50.8 Å². The number of benzene rings is 3. The van der Waals surface area contributed by atoms with Crippen LogP contribution in [0.3, 0.4) is 0 Å². The molecule has 1 nitrogen and oxygen atoms in total. The van der Waals surface area contributed by atoms with Gasteiger partial charge in [-0.05, 0) is 66.0 Å². The van der Waals surface area contributed by atoms with Crippen LogP contribution in [0, 0.1) is 19.7 Å². The summed E-state index contributed by atoms with van der Waals surface area (Å²) >= 11 is 0. The highest BCUT2D eigenvalue weighted by molar-refractivity contribution is 5.95. The molecule has 0 aliphatic heterocycles. The normalized spacial score (nSPS) is 11.9. The monoisotopic (exact) mass is 413 g/mol. The van der Waals surface area contributed by atoms with Crippen LogP contribution in [0.2, 0.25) is 0 Å².